The van der Waals surface area contributed by atoms with Crippen LogP contribution in [0, 0.1) is 0 Å². The molecule has 6 rings (SSSR count). The van der Waals surface area contributed by atoms with Crippen LogP contribution in [0.5, 0.6) is 17.2 Å². The third-order valence-corrected chi connectivity index (χ3v) is 8.36. The predicted octanol–water partition coefficient (Wildman–Crippen LogP) is 6.36. The van der Waals surface area contributed by atoms with E-state index in [0.717, 1.165) is 56.1 Å². The van der Waals surface area contributed by atoms with Gasteiger partial charge in [0.15, 0.2) is 5.58 Å². The number of carbonyl (C=O) groups excluding carboxylic acids is 1. The molecule has 0 radical (unpaired) electrons. The summed E-state index contributed by atoms with van der Waals surface area (Å²) in [6.45, 7) is 10.0. The maximum absolute atomic E-state index is 12.5. The monoisotopic (exact) mass is 602 g/mol. The Morgan fingerprint density at radius 2 is 1.70 bits per heavy atom. The standard InChI is InChI=1S/C34H42N4O6/c1-4-40-29-20-24(21-30(41-5-2)31(29)38-16-7-8-17-38)23-37-18-12-25(13-19-37)35-33-36-27-22-26(10-11-28(27)43-33)44-34(14-9-15-34)32(39)42-6-3/h7-8,10-11,16-17,20-22,25H,4-6,9,12-15,18-19,23H2,1-3H3,(H,35,36). The molecule has 2 fully saturated rings. The lowest BCUT2D eigenvalue weighted by Crippen LogP contribution is -2.51. The van der Waals surface area contributed by atoms with Gasteiger partial charge in [0.1, 0.15) is 28.5 Å². The van der Waals surface area contributed by atoms with Crippen molar-refractivity contribution in [3.63, 3.8) is 0 Å². The fourth-order valence-corrected chi connectivity index (χ4v) is 6.03. The number of piperidine rings is 1. The predicted molar refractivity (Wildman–Crippen MR) is 168 cm³/mol. The minimum atomic E-state index is -0.887. The van der Waals surface area contributed by atoms with E-state index >= 15 is 0 Å². The van der Waals surface area contributed by atoms with E-state index in [1.807, 2.05) is 68.1 Å². The van der Waals surface area contributed by atoms with Crippen LogP contribution in [0.15, 0.2) is 59.3 Å². The molecule has 1 N–H and O–H groups in total. The summed E-state index contributed by atoms with van der Waals surface area (Å²) in [6.07, 6.45) is 8.22. The van der Waals surface area contributed by atoms with E-state index in [1.165, 1.54) is 5.56 Å². The fraction of sp³-hybridized carbons (Fsp3) is 0.471. The lowest BCUT2D eigenvalue weighted by atomic mass is 9.80. The van der Waals surface area contributed by atoms with Crippen molar-refractivity contribution in [2.75, 3.05) is 38.2 Å². The van der Waals surface area contributed by atoms with Crippen molar-refractivity contribution in [2.45, 2.75) is 71.1 Å². The van der Waals surface area contributed by atoms with Crippen LogP contribution in [0.2, 0.25) is 0 Å². The number of nitrogens with one attached hydrogen (secondary N) is 1. The summed E-state index contributed by atoms with van der Waals surface area (Å²) in [5, 5.41) is 3.49. The highest BCUT2D eigenvalue weighted by molar-refractivity contribution is 5.82. The molecular formula is C34H42N4O6. The second-order valence-corrected chi connectivity index (χ2v) is 11.4. The van der Waals surface area contributed by atoms with Gasteiger partial charge < -0.3 is 33.2 Å². The van der Waals surface area contributed by atoms with Crippen LogP contribution >= 0.6 is 0 Å². The molecule has 3 heterocycles. The van der Waals surface area contributed by atoms with Gasteiger partial charge in [-0.3, -0.25) is 4.90 Å². The molecule has 0 spiro atoms. The van der Waals surface area contributed by atoms with Gasteiger partial charge in [-0.25, -0.2) is 4.79 Å². The molecule has 10 heteroatoms. The Bertz CT molecular complexity index is 1530. The number of aromatic nitrogens is 2. The zero-order valence-corrected chi connectivity index (χ0v) is 25.8. The van der Waals surface area contributed by atoms with E-state index in [4.69, 9.17) is 23.4 Å². The third kappa shape index (κ3) is 6.36. The molecule has 10 nitrogen and oxygen atoms in total. The first kappa shape index (κ1) is 29.9. The number of ether oxygens (including phenoxy) is 4. The summed E-state index contributed by atoms with van der Waals surface area (Å²) in [5.41, 5.74) is 2.59. The topological polar surface area (TPSA) is 100 Å². The lowest BCUT2D eigenvalue weighted by Gasteiger charge is -2.39. The number of nitrogens with zero attached hydrogens (tertiary/aromatic N) is 3. The first-order chi connectivity index (χ1) is 21.5. The van der Waals surface area contributed by atoms with Gasteiger partial charge in [0.05, 0.1) is 19.8 Å². The number of oxazole rings is 1. The molecular weight excluding hydrogens is 560 g/mol. The summed E-state index contributed by atoms with van der Waals surface area (Å²) in [7, 11) is 0. The molecule has 44 heavy (non-hydrogen) atoms. The molecule has 0 amide bonds. The molecule has 2 aromatic carbocycles. The summed E-state index contributed by atoms with van der Waals surface area (Å²) in [5.74, 6) is 1.96. The largest absolute Gasteiger partial charge is 0.492 e. The Kier molecular flexibility index (Phi) is 8.97. The highest BCUT2D eigenvalue weighted by Gasteiger charge is 2.48. The number of rotatable bonds is 13. The Hall–Kier alpha value is -4.18. The highest BCUT2D eigenvalue weighted by atomic mass is 16.6. The first-order valence-electron chi connectivity index (χ1n) is 15.8. The molecule has 0 atom stereocenters. The van der Waals surface area contributed by atoms with E-state index in [1.54, 1.807) is 0 Å². The van der Waals surface area contributed by atoms with Gasteiger partial charge >= 0.3 is 5.97 Å². The number of esters is 1. The van der Waals surface area contributed by atoms with Gasteiger partial charge in [-0.1, -0.05) is 0 Å². The van der Waals surface area contributed by atoms with E-state index in [-0.39, 0.29) is 12.0 Å². The lowest BCUT2D eigenvalue weighted by molar-refractivity contribution is -0.169. The van der Waals surface area contributed by atoms with Gasteiger partial charge in [-0.2, -0.15) is 4.98 Å². The summed E-state index contributed by atoms with van der Waals surface area (Å²) in [6, 6.07) is 14.6. The van der Waals surface area contributed by atoms with Crippen LogP contribution in [0.1, 0.15) is 58.4 Å². The third-order valence-electron chi connectivity index (χ3n) is 8.36. The number of fused-ring (bicyclic) bond motifs is 1. The minimum absolute atomic E-state index is 0.256. The van der Waals surface area contributed by atoms with Crippen molar-refractivity contribution in [3.8, 4) is 22.9 Å². The van der Waals surface area contributed by atoms with Gasteiger partial charge in [-0.05, 0) is 94.8 Å². The van der Waals surface area contributed by atoms with Crippen LogP contribution in [-0.2, 0) is 16.1 Å². The second kappa shape index (κ2) is 13.2. The van der Waals surface area contributed by atoms with Gasteiger partial charge in [0, 0.05) is 44.1 Å². The van der Waals surface area contributed by atoms with Crippen LogP contribution < -0.4 is 19.5 Å². The second-order valence-electron chi connectivity index (χ2n) is 11.4. The Morgan fingerprint density at radius 1 is 1.00 bits per heavy atom. The number of hydrogen-bond acceptors (Lipinski definition) is 9. The van der Waals surface area contributed by atoms with Gasteiger partial charge in [0.2, 0.25) is 5.60 Å². The van der Waals surface area contributed by atoms with E-state index in [2.05, 4.69) is 27.3 Å². The molecule has 1 aliphatic heterocycles. The maximum Gasteiger partial charge on any atom is 0.350 e. The number of carbonyl (C=O) groups is 1. The van der Waals surface area contributed by atoms with Crippen molar-refractivity contribution in [3.05, 3.63) is 60.4 Å². The van der Waals surface area contributed by atoms with Crippen molar-refractivity contribution in [1.82, 2.24) is 14.5 Å². The molecule has 1 saturated heterocycles. The molecule has 1 aliphatic carbocycles. The molecule has 0 unspecified atom stereocenters. The average molecular weight is 603 g/mol. The molecule has 2 aliphatic rings. The quantitative estimate of drug-likeness (QED) is 0.175. The summed E-state index contributed by atoms with van der Waals surface area (Å²) in [4.78, 5) is 19.6. The molecule has 1 saturated carbocycles. The van der Waals surface area contributed by atoms with E-state index in [9.17, 15) is 4.79 Å². The molecule has 0 bridgehead atoms. The molecule has 234 valence electrons. The van der Waals surface area contributed by atoms with Crippen molar-refractivity contribution >= 4 is 23.1 Å². The average Bonchev–Trinajstić information content (AvgIpc) is 3.66. The van der Waals surface area contributed by atoms with Crippen molar-refractivity contribution in [1.29, 1.82) is 0 Å². The number of hydrogen-bond donors (Lipinski definition) is 1. The van der Waals surface area contributed by atoms with Crippen molar-refractivity contribution < 1.29 is 28.2 Å². The Labute approximate surface area is 258 Å². The zero-order chi connectivity index (χ0) is 30.5. The fourth-order valence-electron chi connectivity index (χ4n) is 6.03. The molecule has 4 aromatic rings. The van der Waals surface area contributed by atoms with Crippen molar-refractivity contribution in [2.24, 2.45) is 0 Å². The Balaban J connectivity index is 1.07. The van der Waals surface area contributed by atoms with Crippen LogP contribution in [0.3, 0.4) is 0 Å². The summed E-state index contributed by atoms with van der Waals surface area (Å²) >= 11 is 0. The van der Waals surface area contributed by atoms with Crippen LogP contribution in [0.4, 0.5) is 6.01 Å². The van der Waals surface area contributed by atoms with Gasteiger partial charge in [0.25, 0.3) is 6.01 Å². The minimum Gasteiger partial charge on any atom is -0.492 e. The summed E-state index contributed by atoms with van der Waals surface area (Å²) < 4.78 is 31.6. The number of benzene rings is 2. The van der Waals surface area contributed by atoms with Crippen LogP contribution in [-0.4, -0.2) is 65.0 Å². The SMILES string of the molecule is CCOC(=O)C1(Oc2ccc3oc(NC4CCN(Cc5cc(OCC)c(-n6cccc6)c(OCC)c5)CC4)nc3c2)CCC1. The molecule has 2 aromatic heterocycles. The number of anilines is 1. The smallest absolute Gasteiger partial charge is 0.350 e. The first-order valence-corrected chi connectivity index (χ1v) is 15.8. The Morgan fingerprint density at radius 3 is 2.32 bits per heavy atom. The van der Waals surface area contributed by atoms with E-state index in [0.29, 0.717) is 55.5 Å². The normalized spacial score (nSPS) is 16.8. The highest BCUT2D eigenvalue weighted by Crippen LogP contribution is 2.39. The maximum atomic E-state index is 12.5. The van der Waals surface area contributed by atoms with Crippen LogP contribution in [0.25, 0.3) is 16.8 Å². The zero-order valence-electron chi connectivity index (χ0n) is 25.8. The van der Waals surface area contributed by atoms with Gasteiger partial charge in [-0.15, -0.1) is 0 Å². The van der Waals surface area contributed by atoms with E-state index < -0.39 is 5.60 Å². The number of likely N-dealkylation sites (tertiary alicyclic amines) is 1.